The molecule has 0 saturated carbocycles. The molecule has 0 spiro atoms. The van der Waals surface area contributed by atoms with Crippen LogP contribution >= 0.6 is 23.1 Å². The van der Waals surface area contributed by atoms with Gasteiger partial charge in [0.2, 0.25) is 0 Å². The zero-order valence-corrected chi connectivity index (χ0v) is 18.0. The summed E-state index contributed by atoms with van der Waals surface area (Å²) < 4.78 is 10.5. The van der Waals surface area contributed by atoms with Crippen molar-refractivity contribution in [2.75, 3.05) is 19.5 Å². The standard InChI is InChI=1S/C23H20N2O3S2/c1-27-23(26)17-8-10-18(11-9-17)28-12-5-13-29-21-20-19(16-6-3-2-4-7-16)14-30-22(20)25-15-24-21/h2-4,6-11,14-15H,5,12-13H2,1H3. The smallest absolute Gasteiger partial charge is 0.337 e. The molecule has 0 aliphatic rings. The number of fused-ring (bicyclic) bond motifs is 1. The molecule has 0 bridgehead atoms. The second-order valence-electron chi connectivity index (χ2n) is 6.44. The average Bonchev–Trinajstić information content (AvgIpc) is 3.24. The first-order valence-corrected chi connectivity index (χ1v) is 11.3. The molecule has 0 amide bonds. The Morgan fingerprint density at radius 1 is 1.07 bits per heavy atom. The van der Waals surface area contributed by atoms with Gasteiger partial charge in [0.05, 0.1) is 24.7 Å². The zero-order chi connectivity index (χ0) is 20.8. The number of hydrogen-bond acceptors (Lipinski definition) is 7. The van der Waals surface area contributed by atoms with Gasteiger partial charge < -0.3 is 9.47 Å². The van der Waals surface area contributed by atoms with E-state index in [1.54, 1.807) is 53.7 Å². The Morgan fingerprint density at radius 2 is 1.87 bits per heavy atom. The van der Waals surface area contributed by atoms with Crippen LogP contribution in [0.4, 0.5) is 0 Å². The highest BCUT2D eigenvalue weighted by molar-refractivity contribution is 7.99. The summed E-state index contributed by atoms with van der Waals surface area (Å²) in [5.74, 6) is 1.27. The minimum atomic E-state index is -0.350. The van der Waals surface area contributed by atoms with Crippen LogP contribution in [0.3, 0.4) is 0 Å². The van der Waals surface area contributed by atoms with E-state index in [1.165, 1.54) is 18.2 Å². The molecule has 7 heteroatoms. The number of aromatic nitrogens is 2. The molecule has 0 aliphatic heterocycles. The Hall–Kier alpha value is -2.90. The van der Waals surface area contributed by atoms with E-state index in [1.807, 2.05) is 18.2 Å². The number of benzene rings is 2. The molecule has 0 aliphatic carbocycles. The Morgan fingerprint density at radius 3 is 2.63 bits per heavy atom. The van der Waals surface area contributed by atoms with Crippen LogP contribution in [0.5, 0.6) is 5.75 Å². The molecular weight excluding hydrogens is 416 g/mol. The fraction of sp³-hybridized carbons (Fsp3) is 0.174. The second-order valence-corrected chi connectivity index (χ2v) is 8.38. The number of nitrogens with zero attached hydrogens (tertiary/aromatic N) is 2. The molecule has 2 aromatic carbocycles. The summed E-state index contributed by atoms with van der Waals surface area (Å²) in [4.78, 5) is 21.4. The topological polar surface area (TPSA) is 61.3 Å². The summed E-state index contributed by atoms with van der Waals surface area (Å²) in [5.41, 5.74) is 2.87. The second kappa shape index (κ2) is 9.73. The van der Waals surface area contributed by atoms with Gasteiger partial charge in [0, 0.05) is 16.7 Å². The van der Waals surface area contributed by atoms with Gasteiger partial charge in [-0.1, -0.05) is 30.3 Å². The predicted octanol–water partition coefficient (Wildman–Crippen LogP) is 5.71. The van der Waals surface area contributed by atoms with Crippen molar-refractivity contribution in [1.82, 2.24) is 9.97 Å². The van der Waals surface area contributed by atoms with Crippen molar-refractivity contribution in [2.24, 2.45) is 0 Å². The normalized spacial score (nSPS) is 10.8. The lowest BCUT2D eigenvalue weighted by Gasteiger charge is -2.08. The minimum Gasteiger partial charge on any atom is -0.494 e. The van der Waals surface area contributed by atoms with Gasteiger partial charge in [0.25, 0.3) is 0 Å². The average molecular weight is 437 g/mol. The lowest BCUT2D eigenvalue weighted by molar-refractivity contribution is 0.0600. The van der Waals surface area contributed by atoms with Crippen LogP contribution in [0, 0.1) is 0 Å². The van der Waals surface area contributed by atoms with Crippen molar-refractivity contribution in [2.45, 2.75) is 11.4 Å². The molecule has 4 aromatic rings. The summed E-state index contributed by atoms with van der Waals surface area (Å²) >= 11 is 3.37. The molecule has 30 heavy (non-hydrogen) atoms. The monoisotopic (exact) mass is 436 g/mol. The van der Waals surface area contributed by atoms with Gasteiger partial charge in [-0.15, -0.1) is 23.1 Å². The summed E-state index contributed by atoms with van der Waals surface area (Å²) in [6.07, 6.45) is 2.51. The molecule has 0 saturated heterocycles. The predicted molar refractivity (Wildman–Crippen MR) is 121 cm³/mol. The third kappa shape index (κ3) is 4.63. The van der Waals surface area contributed by atoms with Crippen LogP contribution in [0.25, 0.3) is 21.3 Å². The number of carbonyl (C=O) groups is 1. The molecule has 2 aromatic heterocycles. The van der Waals surface area contributed by atoms with E-state index in [-0.39, 0.29) is 5.97 Å². The Bertz CT molecular complexity index is 1130. The van der Waals surface area contributed by atoms with E-state index in [0.29, 0.717) is 12.2 Å². The van der Waals surface area contributed by atoms with Crippen molar-refractivity contribution in [1.29, 1.82) is 0 Å². The summed E-state index contributed by atoms with van der Waals surface area (Å²) in [7, 11) is 1.37. The quantitative estimate of drug-likeness (QED) is 0.153. The van der Waals surface area contributed by atoms with Gasteiger partial charge in [0.15, 0.2) is 0 Å². The zero-order valence-electron chi connectivity index (χ0n) is 16.4. The fourth-order valence-electron chi connectivity index (χ4n) is 3.01. The van der Waals surface area contributed by atoms with Gasteiger partial charge in [-0.25, -0.2) is 14.8 Å². The first-order chi connectivity index (χ1) is 14.8. The SMILES string of the molecule is COC(=O)c1ccc(OCCCSc2ncnc3scc(-c4ccccc4)c23)cc1. The van der Waals surface area contributed by atoms with E-state index in [2.05, 4.69) is 27.5 Å². The number of ether oxygens (including phenoxy) is 2. The van der Waals surface area contributed by atoms with Crippen molar-refractivity contribution < 1.29 is 14.3 Å². The van der Waals surface area contributed by atoms with Crippen molar-refractivity contribution in [3.8, 4) is 16.9 Å². The summed E-state index contributed by atoms with van der Waals surface area (Å²) in [6, 6.07) is 17.3. The third-order valence-corrected chi connectivity index (χ3v) is 6.45. The largest absolute Gasteiger partial charge is 0.494 e. The summed E-state index contributed by atoms with van der Waals surface area (Å²) in [6.45, 7) is 0.591. The Kier molecular flexibility index (Phi) is 6.61. The van der Waals surface area contributed by atoms with E-state index < -0.39 is 0 Å². The van der Waals surface area contributed by atoms with E-state index in [0.717, 1.165) is 33.2 Å². The number of rotatable bonds is 8. The third-order valence-electron chi connectivity index (χ3n) is 4.49. The van der Waals surface area contributed by atoms with Gasteiger partial charge in [-0.3, -0.25) is 0 Å². The number of carbonyl (C=O) groups excluding carboxylic acids is 1. The molecule has 0 unspecified atom stereocenters. The lowest BCUT2D eigenvalue weighted by Crippen LogP contribution is -2.02. The first kappa shape index (κ1) is 20.4. The minimum absolute atomic E-state index is 0.350. The van der Waals surface area contributed by atoms with Crippen LogP contribution < -0.4 is 4.74 Å². The summed E-state index contributed by atoms with van der Waals surface area (Å²) in [5, 5.41) is 4.28. The molecule has 0 N–H and O–H groups in total. The number of thioether (sulfide) groups is 1. The van der Waals surface area contributed by atoms with E-state index in [4.69, 9.17) is 9.47 Å². The van der Waals surface area contributed by atoms with Crippen LogP contribution in [0.15, 0.2) is 71.3 Å². The maximum absolute atomic E-state index is 11.5. The molecule has 0 fully saturated rings. The molecule has 152 valence electrons. The highest BCUT2D eigenvalue weighted by atomic mass is 32.2. The number of thiophene rings is 1. The maximum atomic E-state index is 11.5. The molecule has 0 atom stereocenters. The highest BCUT2D eigenvalue weighted by Gasteiger charge is 2.13. The van der Waals surface area contributed by atoms with Gasteiger partial charge >= 0.3 is 5.97 Å². The van der Waals surface area contributed by atoms with E-state index in [9.17, 15) is 4.79 Å². The number of hydrogen-bond donors (Lipinski definition) is 0. The fourth-order valence-corrected chi connectivity index (χ4v) is 4.92. The Labute approximate surface area is 183 Å². The van der Waals surface area contributed by atoms with Crippen LogP contribution in [-0.4, -0.2) is 35.4 Å². The van der Waals surface area contributed by atoms with Crippen LogP contribution in [0.1, 0.15) is 16.8 Å². The lowest BCUT2D eigenvalue weighted by atomic mass is 10.1. The van der Waals surface area contributed by atoms with E-state index >= 15 is 0 Å². The first-order valence-electron chi connectivity index (χ1n) is 9.48. The molecule has 0 radical (unpaired) electrons. The van der Waals surface area contributed by atoms with Crippen molar-refractivity contribution in [3.63, 3.8) is 0 Å². The van der Waals surface area contributed by atoms with Crippen LogP contribution in [-0.2, 0) is 4.74 Å². The van der Waals surface area contributed by atoms with Gasteiger partial charge in [0.1, 0.15) is 21.9 Å². The van der Waals surface area contributed by atoms with Gasteiger partial charge in [-0.2, -0.15) is 0 Å². The molecule has 2 heterocycles. The maximum Gasteiger partial charge on any atom is 0.337 e. The molecule has 5 nitrogen and oxygen atoms in total. The van der Waals surface area contributed by atoms with Crippen molar-refractivity contribution in [3.05, 3.63) is 71.9 Å². The highest BCUT2D eigenvalue weighted by Crippen LogP contribution is 2.37. The molecule has 4 rings (SSSR count). The van der Waals surface area contributed by atoms with Gasteiger partial charge in [-0.05, 0) is 36.2 Å². The number of esters is 1. The van der Waals surface area contributed by atoms with Crippen LogP contribution in [0.2, 0.25) is 0 Å². The number of methoxy groups -OCH3 is 1. The van der Waals surface area contributed by atoms with Crippen molar-refractivity contribution >= 4 is 39.3 Å². The molecular formula is C23H20N2O3S2. The Balaban J connectivity index is 1.35.